The molecule has 1 aromatic heterocycles. The number of likely N-dealkylation sites (tertiary alicyclic amines) is 1. The molecule has 2 atom stereocenters. The predicted molar refractivity (Wildman–Crippen MR) is 93.6 cm³/mol. The van der Waals surface area contributed by atoms with E-state index in [1.807, 2.05) is 6.92 Å². The number of carbonyl (C=O) groups is 2. The standard InChI is InChI=1S/C19H19FN4O2/c1-12-7-14(9-21)24(10-12)18(25)11-23(2)19(26)15-5-6-22-17-4-3-13(20)8-16(15)17/h3-6,8,12,14H,7,10-11H2,1-2H3. The third-order valence-electron chi connectivity index (χ3n) is 4.63. The molecule has 3 rings (SSSR count). The van der Waals surface area contributed by atoms with Gasteiger partial charge in [0.05, 0.1) is 23.7 Å². The molecule has 1 saturated heterocycles. The van der Waals surface area contributed by atoms with Gasteiger partial charge in [-0.25, -0.2) is 4.39 Å². The number of hydrogen-bond donors (Lipinski definition) is 0. The fraction of sp³-hybridized carbons (Fsp3) is 0.368. The number of hydrogen-bond acceptors (Lipinski definition) is 4. The van der Waals surface area contributed by atoms with Crippen molar-refractivity contribution in [3.05, 3.63) is 41.8 Å². The zero-order valence-electron chi connectivity index (χ0n) is 14.6. The Balaban J connectivity index is 1.79. The van der Waals surface area contributed by atoms with Crippen LogP contribution >= 0.6 is 0 Å². The van der Waals surface area contributed by atoms with Gasteiger partial charge in [0.2, 0.25) is 5.91 Å². The van der Waals surface area contributed by atoms with Crippen LogP contribution in [0.15, 0.2) is 30.5 Å². The lowest BCUT2D eigenvalue weighted by Gasteiger charge is -2.24. The molecule has 0 aliphatic carbocycles. The van der Waals surface area contributed by atoms with Crippen molar-refractivity contribution in [1.29, 1.82) is 5.26 Å². The first-order chi connectivity index (χ1) is 12.4. The molecule has 1 fully saturated rings. The van der Waals surface area contributed by atoms with Crippen LogP contribution < -0.4 is 0 Å². The molecule has 0 N–H and O–H groups in total. The van der Waals surface area contributed by atoms with Crippen LogP contribution in [-0.2, 0) is 4.79 Å². The van der Waals surface area contributed by atoms with E-state index in [2.05, 4.69) is 11.1 Å². The van der Waals surface area contributed by atoms with E-state index in [9.17, 15) is 19.2 Å². The van der Waals surface area contributed by atoms with Gasteiger partial charge in [0.15, 0.2) is 0 Å². The third-order valence-corrected chi connectivity index (χ3v) is 4.63. The van der Waals surface area contributed by atoms with Gasteiger partial charge >= 0.3 is 0 Å². The van der Waals surface area contributed by atoms with Crippen molar-refractivity contribution in [3.8, 4) is 6.07 Å². The van der Waals surface area contributed by atoms with E-state index in [0.29, 0.717) is 23.9 Å². The fourth-order valence-electron chi connectivity index (χ4n) is 3.32. The molecule has 0 bridgehead atoms. The second kappa shape index (κ2) is 7.08. The summed E-state index contributed by atoms with van der Waals surface area (Å²) in [4.78, 5) is 32.3. The number of fused-ring (bicyclic) bond motifs is 1. The lowest BCUT2D eigenvalue weighted by molar-refractivity contribution is -0.131. The Hall–Kier alpha value is -3.01. The Morgan fingerprint density at radius 3 is 2.92 bits per heavy atom. The van der Waals surface area contributed by atoms with Gasteiger partial charge in [-0.2, -0.15) is 5.26 Å². The summed E-state index contributed by atoms with van der Waals surface area (Å²) in [5.74, 6) is -0.851. The zero-order valence-corrected chi connectivity index (χ0v) is 14.6. The minimum absolute atomic E-state index is 0.136. The van der Waals surface area contributed by atoms with Crippen molar-refractivity contribution in [1.82, 2.24) is 14.8 Å². The largest absolute Gasteiger partial charge is 0.332 e. The molecule has 2 heterocycles. The van der Waals surface area contributed by atoms with Crippen molar-refractivity contribution in [3.63, 3.8) is 0 Å². The average molecular weight is 354 g/mol. The Morgan fingerprint density at radius 1 is 1.42 bits per heavy atom. The number of carbonyl (C=O) groups excluding carboxylic acids is 2. The van der Waals surface area contributed by atoms with Crippen LogP contribution in [0.3, 0.4) is 0 Å². The lowest BCUT2D eigenvalue weighted by atomic mass is 10.1. The van der Waals surface area contributed by atoms with E-state index in [0.717, 1.165) is 0 Å². The number of halogens is 1. The maximum absolute atomic E-state index is 13.6. The van der Waals surface area contributed by atoms with Crippen LogP contribution in [0.5, 0.6) is 0 Å². The Bertz CT molecular complexity index is 908. The molecule has 1 aromatic carbocycles. The van der Waals surface area contributed by atoms with Crippen LogP contribution in [0.1, 0.15) is 23.7 Å². The van der Waals surface area contributed by atoms with E-state index in [-0.39, 0.29) is 23.9 Å². The lowest BCUT2D eigenvalue weighted by Crippen LogP contribution is -2.43. The maximum Gasteiger partial charge on any atom is 0.254 e. The van der Waals surface area contributed by atoms with Crippen LogP contribution in [0, 0.1) is 23.1 Å². The van der Waals surface area contributed by atoms with E-state index in [1.165, 1.54) is 47.3 Å². The van der Waals surface area contributed by atoms with Gasteiger partial charge in [-0.15, -0.1) is 0 Å². The Labute approximate surface area is 150 Å². The normalized spacial score (nSPS) is 19.4. The molecule has 0 spiro atoms. The minimum Gasteiger partial charge on any atom is -0.332 e. The number of pyridine rings is 1. The summed E-state index contributed by atoms with van der Waals surface area (Å²) in [6, 6.07) is 7.27. The molecule has 2 aromatic rings. The summed E-state index contributed by atoms with van der Waals surface area (Å²) < 4.78 is 13.6. The van der Waals surface area contributed by atoms with E-state index < -0.39 is 17.8 Å². The van der Waals surface area contributed by atoms with Gasteiger partial charge in [-0.05, 0) is 36.6 Å². The Morgan fingerprint density at radius 2 is 2.19 bits per heavy atom. The van der Waals surface area contributed by atoms with E-state index in [4.69, 9.17) is 0 Å². The van der Waals surface area contributed by atoms with Gasteiger partial charge in [0, 0.05) is 25.2 Å². The molecule has 1 aliphatic rings. The van der Waals surface area contributed by atoms with Crippen LogP contribution in [-0.4, -0.2) is 52.8 Å². The number of rotatable bonds is 3. The van der Waals surface area contributed by atoms with Crippen molar-refractivity contribution in [2.75, 3.05) is 20.1 Å². The van der Waals surface area contributed by atoms with E-state index >= 15 is 0 Å². The summed E-state index contributed by atoms with van der Waals surface area (Å²) in [7, 11) is 1.52. The van der Waals surface area contributed by atoms with Crippen molar-refractivity contribution < 1.29 is 14.0 Å². The fourth-order valence-corrected chi connectivity index (χ4v) is 3.32. The van der Waals surface area contributed by atoms with Crippen molar-refractivity contribution >= 4 is 22.7 Å². The maximum atomic E-state index is 13.6. The van der Waals surface area contributed by atoms with Gasteiger partial charge in [0.1, 0.15) is 11.9 Å². The molecule has 7 heteroatoms. The summed E-state index contributed by atoms with van der Waals surface area (Å²) in [5, 5.41) is 9.61. The number of nitrogens with zero attached hydrogens (tertiary/aromatic N) is 4. The van der Waals surface area contributed by atoms with Crippen LogP contribution in [0.25, 0.3) is 10.9 Å². The summed E-state index contributed by atoms with van der Waals surface area (Å²) >= 11 is 0. The minimum atomic E-state index is -0.457. The first-order valence-corrected chi connectivity index (χ1v) is 8.39. The number of aromatic nitrogens is 1. The molecule has 2 unspecified atom stereocenters. The Kier molecular flexibility index (Phi) is 4.85. The predicted octanol–water partition coefficient (Wildman–Crippen LogP) is 2.21. The highest BCUT2D eigenvalue weighted by Crippen LogP contribution is 2.23. The molecule has 1 aliphatic heterocycles. The number of likely N-dealkylation sites (N-methyl/N-ethyl adjacent to an activating group) is 1. The quantitative estimate of drug-likeness (QED) is 0.847. The second-order valence-electron chi connectivity index (χ2n) is 6.71. The molecule has 0 saturated carbocycles. The highest BCUT2D eigenvalue weighted by Gasteiger charge is 2.33. The van der Waals surface area contributed by atoms with E-state index in [1.54, 1.807) is 0 Å². The highest BCUT2D eigenvalue weighted by molar-refractivity contribution is 6.06. The van der Waals surface area contributed by atoms with Crippen LogP contribution in [0.4, 0.5) is 4.39 Å². The van der Waals surface area contributed by atoms with Gasteiger partial charge in [-0.1, -0.05) is 6.92 Å². The molecule has 0 radical (unpaired) electrons. The topological polar surface area (TPSA) is 77.3 Å². The molecule has 26 heavy (non-hydrogen) atoms. The first kappa shape index (κ1) is 17.8. The number of nitriles is 1. The molecule has 134 valence electrons. The van der Waals surface area contributed by atoms with Gasteiger partial charge in [0.25, 0.3) is 5.91 Å². The van der Waals surface area contributed by atoms with Crippen molar-refractivity contribution in [2.45, 2.75) is 19.4 Å². The molecular formula is C19H19FN4O2. The van der Waals surface area contributed by atoms with Gasteiger partial charge < -0.3 is 9.80 Å². The van der Waals surface area contributed by atoms with Crippen molar-refractivity contribution in [2.24, 2.45) is 5.92 Å². The molecule has 2 amide bonds. The summed E-state index contributed by atoms with van der Waals surface area (Å²) in [6.45, 7) is 2.37. The van der Waals surface area contributed by atoms with Gasteiger partial charge in [-0.3, -0.25) is 14.6 Å². The zero-order chi connectivity index (χ0) is 18.8. The first-order valence-electron chi connectivity index (χ1n) is 8.39. The molecule has 6 nitrogen and oxygen atoms in total. The average Bonchev–Trinajstić information content (AvgIpc) is 3.01. The summed E-state index contributed by atoms with van der Waals surface area (Å²) in [6.07, 6.45) is 2.13. The second-order valence-corrected chi connectivity index (χ2v) is 6.71. The molecular weight excluding hydrogens is 335 g/mol. The smallest absolute Gasteiger partial charge is 0.254 e. The highest BCUT2D eigenvalue weighted by atomic mass is 19.1. The third kappa shape index (κ3) is 3.36. The number of amides is 2. The monoisotopic (exact) mass is 354 g/mol. The van der Waals surface area contributed by atoms with Crippen LogP contribution in [0.2, 0.25) is 0 Å². The SMILES string of the molecule is CC1CC(C#N)N(C(=O)CN(C)C(=O)c2ccnc3ccc(F)cc23)C1. The number of benzene rings is 1. The summed E-state index contributed by atoms with van der Waals surface area (Å²) in [5.41, 5.74) is 0.798.